The molecule has 0 saturated carbocycles. The molecule has 2 unspecified atom stereocenters. The lowest BCUT2D eigenvalue weighted by atomic mass is 9.82. The van der Waals surface area contributed by atoms with Gasteiger partial charge < -0.3 is 15.7 Å². The van der Waals surface area contributed by atoms with Gasteiger partial charge in [0, 0.05) is 11.4 Å². The van der Waals surface area contributed by atoms with Gasteiger partial charge in [-0.2, -0.15) is 0 Å². The molecule has 1 amide bonds. The number of nitrogen functional groups attached to an aromatic ring is 1. The number of nitrogens with zero attached hydrogens (tertiary/aromatic N) is 1. The second-order valence-corrected chi connectivity index (χ2v) is 7.10. The van der Waals surface area contributed by atoms with E-state index in [0.29, 0.717) is 11.4 Å². The topological polar surface area (TPSA) is 83.6 Å². The average Bonchev–Trinajstić information content (AvgIpc) is 2.80. The number of anilines is 1. The standard InChI is InChI=1S/C15H20N2O3S/c1-9-17(12(8-21-9)13(18)19)14(20)15(2,3)10-4-6-11(16)7-5-10/h4-7,9,12H,8,16H2,1-3H3,(H,18,19). The Morgan fingerprint density at radius 2 is 1.90 bits per heavy atom. The minimum absolute atomic E-state index is 0.133. The molecule has 0 spiro atoms. The number of carbonyl (C=O) groups is 2. The minimum atomic E-state index is -0.951. The molecule has 1 aromatic rings. The summed E-state index contributed by atoms with van der Waals surface area (Å²) in [5, 5.41) is 9.17. The van der Waals surface area contributed by atoms with Crippen LogP contribution in [0.2, 0.25) is 0 Å². The minimum Gasteiger partial charge on any atom is -0.480 e. The zero-order valence-corrected chi connectivity index (χ0v) is 13.2. The molecule has 2 atom stereocenters. The summed E-state index contributed by atoms with van der Waals surface area (Å²) in [7, 11) is 0. The highest BCUT2D eigenvalue weighted by Gasteiger charge is 2.45. The first-order valence-corrected chi connectivity index (χ1v) is 7.83. The largest absolute Gasteiger partial charge is 0.480 e. The van der Waals surface area contributed by atoms with Crippen LogP contribution in [-0.2, 0) is 15.0 Å². The predicted molar refractivity (Wildman–Crippen MR) is 84.1 cm³/mol. The van der Waals surface area contributed by atoms with E-state index in [0.717, 1.165) is 5.56 Å². The summed E-state index contributed by atoms with van der Waals surface area (Å²) in [6, 6.07) is 6.38. The van der Waals surface area contributed by atoms with Crippen molar-refractivity contribution in [3.05, 3.63) is 29.8 Å². The second-order valence-electron chi connectivity index (χ2n) is 5.75. The maximum atomic E-state index is 12.9. The SMILES string of the molecule is CC1SCC(C(=O)O)N1C(=O)C(C)(C)c1ccc(N)cc1. The van der Waals surface area contributed by atoms with E-state index < -0.39 is 17.4 Å². The van der Waals surface area contributed by atoms with E-state index in [4.69, 9.17) is 5.73 Å². The molecule has 1 saturated heterocycles. The summed E-state index contributed by atoms with van der Waals surface area (Å²) in [5.41, 5.74) is 6.35. The van der Waals surface area contributed by atoms with E-state index in [9.17, 15) is 14.7 Å². The fourth-order valence-corrected chi connectivity index (χ4v) is 3.65. The van der Waals surface area contributed by atoms with Crippen molar-refractivity contribution in [1.29, 1.82) is 0 Å². The highest BCUT2D eigenvalue weighted by Crippen LogP contribution is 2.35. The van der Waals surface area contributed by atoms with Crippen molar-refractivity contribution in [2.75, 3.05) is 11.5 Å². The van der Waals surface area contributed by atoms with Crippen molar-refractivity contribution >= 4 is 29.3 Å². The van der Waals surface area contributed by atoms with Gasteiger partial charge in [0.2, 0.25) is 5.91 Å². The third-order valence-corrected chi connectivity index (χ3v) is 5.13. The molecule has 0 radical (unpaired) electrons. The van der Waals surface area contributed by atoms with Gasteiger partial charge in [0.25, 0.3) is 0 Å². The third-order valence-electron chi connectivity index (χ3n) is 3.91. The smallest absolute Gasteiger partial charge is 0.327 e. The molecule has 1 aliphatic rings. The van der Waals surface area contributed by atoms with E-state index in [1.54, 1.807) is 12.1 Å². The van der Waals surface area contributed by atoms with Crippen LogP contribution in [0, 0.1) is 0 Å². The van der Waals surface area contributed by atoms with Crippen molar-refractivity contribution in [1.82, 2.24) is 4.90 Å². The third kappa shape index (κ3) is 2.85. The molecule has 3 N–H and O–H groups in total. The maximum absolute atomic E-state index is 12.9. The summed E-state index contributed by atoms with van der Waals surface area (Å²) in [6.07, 6.45) is 0. The number of rotatable bonds is 3. The lowest BCUT2D eigenvalue weighted by molar-refractivity contribution is -0.151. The monoisotopic (exact) mass is 308 g/mol. The van der Waals surface area contributed by atoms with Crippen LogP contribution in [0.4, 0.5) is 5.69 Å². The van der Waals surface area contributed by atoms with Gasteiger partial charge in [0.05, 0.1) is 10.8 Å². The summed E-state index contributed by atoms with van der Waals surface area (Å²) in [6.45, 7) is 5.50. The number of aliphatic carboxylic acids is 1. The Bertz CT molecular complexity index is 557. The lowest BCUT2D eigenvalue weighted by Gasteiger charge is -2.34. The van der Waals surface area contributed by atoms with Gasteiger partial charge in [-0.05, 0) is 38.5 Å². The lowest BCUT2D eigenvalue weighted by Crippen LogP contribution is -2.51. The van der Waals surface area contributed by atoms with Gasteiger partial charge in [-0.15, -0.1) is 11.8 Å². The first kappa shape index (κ1) is 15.7. The van der Waals surface area contributed by atoms with Crippen molar-refractivity contribution in [3.63, 3.8) is 0 Å². The quantitative estimate of drug-likeness (QED) is 0.834. The van der Waals surface area contributed by atoms with Crippen LogP contribution < -0.4 is 5.73 Å². The maximum Gasteiger partial charge on any atom is 0.327 e. The summed E-state index contributed by atoms with van der Waals surface area (Å²) in [4.78, 5) is 25.7. The van der Waals surface area contributed by atoms with Crippen LogP contribution in [0.1, 0.15) is 26.3 Å². The molecule has 0 aliphatic carbocycles. The summed E-state index contributed by atoms with van der Waals surface area (Å²) < 4.78 is 0. The average molecular weight is 308 g/mol. The zero-order valence-electron chi connectivity index (χ0n) is 12.4. The fraction of sp³-hybridized carbons (Fsp3) is 0.467. The summed E-state index contributed by atoms with van der Waals surface area (Å²) in [5.74, 6) is -0.689. The first-order chi connectivity index (χ1) is 9.75. The van der Waals surface area contributed by atoms with Gasteiger partial charge >= 0.3 is 5.97 Å². The Balaban J connectivity index is 2.32. The molecule has 1 heterocycles. The molecule has 2 rings (SSSR count). The number of nitrogens with two attached hydrogens (primary N) is 1. The first-order valence-electron chi connectivity index (χ1n) is 6.78. The van der Waals surface area contributed by atoms with Crippen molar-refractivity contribution in [2.24, 2.45) is 0 Å². The Morgan fingerprint density at radius 3 is 2.43 bits per heavy atom. The van der Waals surface area contributed by atoms with E-state index in [2.05, 4.69) is 0 Å². The van der Waals surface area contributed by atoms with E-state index in [-0.39, 0.29) is 11.3 Å². The zero-order chi connectivity index (χ0) is 15.8. The fourth-order valence-electron chi connectivity index (χ4n) is 2.49. The number of carbonyl (C=O) groups excluding carboxylic acids is 1. The van der Waals surface area contributed by atoms with Gasteiger partial charge in [0.1, 0.15) is 6.04 Å². The Labute approximate surface area is 128 Å². The van der Waals surface area contributed by atoms with Crippen molar-refractivity contribution < 1.29 is 14.7 Å². The molecule has 6 heteroatoms. The number of thioether (sulfide) groups is 1. The molecule has 1 aromatic carbocycles. The van der Waals surface area contributed by atoms with Crippen LogP contribution in [-0.4, -0.2) is 39.1 Å². The van der Waals surface area contributed by atoms with Crippen LogP contribution in [0.15, 0.2) is 24.3 Å². The molecule has 1 aliphatic heterocycles. The number of benzene rings is 1. The second kappa shape index (κ2) is 5.60. The number of hydrogen-bond acceptors (Lipinski definition) is 4. The van der Waals surface area contributed by atoms with E-state index >= 15 is 0 Å². The highest BCUT2D eigenvalue weighted by molar-refractivity contribution is 8.00. The van der Waals surface area contributed by atoms with Gasteiger partial charge in [-0.1, -0.05) is 12.1 Å². The normalized spacial score (nSPS) is 22.3. The highest BCUT2D eigenvalue weighted by atomic mass is 32.2. The molecular weight excluding hydrogens is 288 g/mol. The van der Waals surface area contributed by atoms with Gasteiger partial charge in [-0.25, -0.2) is 4.79 Å². The number of amides is 1. The Hall–Kier alpha value is -1.69. The van der Waals surface area contributed by atoms with Crippen LogP contribution >= 0.6 is 11.8 Å². The van der Waals surface area contributed by atoms with Crippen LogP contribution in [0.25, 0.3) is 0 Å². The van der Waals surface area contributed by atoms with Gasteiger partial charge in [-0.3, -0.25) is 4.79 Å². The number of carboxylic acids is 1. The molecule has 0 bridgehead atoms. The van der Waals surface area contributed by atoms with Crippen LogP contribution in [0.3, 0.4) is 0 Å². The molecule has 1 fully saturated rings. The van der Waals surface area contributed by atoms with Gasteiger partial charge in [0.15, 0.2) is 0 Å². The molecule has 21 heavy (non-hydrogen) atoms. The van der Waals surface area contributed by atoms with E-state index in [1.807, 2.05) is 32.9 Å². The number of carboxylic acid groups (broad SMARTS) is 1. The van der Waals surface area contributed by atoms with E-state index in [1.165, 1.54) is 16.7 Å². The predicted octanol–water partition coefficient (Wildman–Crippen LogP) is 1.92. The molecule has 5 nitrogen and oxygen atoms in total. The van der Waals surface area contributed by atoms with Crippen molar-refractivity contribution in [2.45, 2.75) is 37.6 Å². The Kier molecular flexibility index (Phi) is 4.18. The number of hydrogen-bond donors (Lipinski definition) is 2. The summed E-state index contributed by atoms with van der Waals surface area (Å²) >= 11 is 1.49. The molecule has 114 valence electrons. The van der Waals surface area contributed by atoms with Crippen LogP contribution in [0.5, 0.6) is 0 Å². The van der Waals surface area contributed by atoms with Crippen molar-refractivity contribution in [3.8, 4) is 0 Å². The molecular formula is C15H20N2O3S. The Morgan fingerprint density at radius 1 is 1.33 bits per heavy atom. The molecule has 0 aromatic heterocycles.